The third kappa shape index (κ3) is 4.22. The van der Waals surface area contributed by atoms with Crippen molar-refractivity contribution >= 4 is 46.1 Å². The van der Waals surface area contributed by atoms with Crippen LogP contribution in [0.3, 0.4) is 0 Å². The van der Waals surface area contributed by atoms with Crippen molar-refractivity contribution in [3.63, 3.8) is 0 Å². The van der Waals surface area contributed by atoms with E-state index in [1.54, 1.807) is 18.2 Å². The summed E-state index contributed by atoms with van der Waals surface area (Å²) < 4.78 is 0.766. The van der Waals surface area contributed by atoms with Crippen molar-refractivity contribution in [2.75, 3.05) is 19.6 Å². The monoisotopic (exact) mass is 429 g/mol. The van der Waals surface area contributed by atoms with E-state index in [9.17, 15) is 14.4 Å². The fourth-order valence-corrected chi connectivity index (χ4v) is 3.52. The Morgan fingerprint density at radius 3 is 2.48 bits per heavy atom. The van der Waals surface area contributed by atoms with E-state index in [2.05, 4.69) is 15.9 Å². The van der Waals surface area contributed by atoms with Crippen molar-refractivity contribution < 1.29 is 14.4 Å². The minimum atomic E-state index is -0.285. The SMILES string of the molecule is Cl.NC1CCN(C(=O)CCCN2C(=O)c3ccc(Br)cc3C2=O)CC1. The van der Waals surface area contributed by atoms with Crippen LogP contribution in [0.4, 0.5) is 0 Å². The number of piperidine rings is 1. The number of fused-ring (bicyclic) bond motifs is 1. The summed E-state index contributed by atoms with van der Waals surface area (Å²) in [5, 5.41) is 0. The van der Waals surface area contributed by atoms with Crippen molar-refractivity contribution in [3.8, 4) is 0 Å². The number of nitrogens with two attached hydrogens (primary N) is 1. The topological polar surface area (TPSA) is 83.7 Å². The molecule has 0 unspecified atom stereocenters. The Labute approximate surface area is 161 Å². The molecule has 1 saturated heterocycles. The number of nitrogens with zero attached hydrogens (tertiary/aromatic N) is 2. The molecule has 2 aliphatic rings. The van der Waals surface area contributed by atoms with Crippen molar-refractivity contribution in [1.82, 2.24) is 9.80 Å². The lowest BCUT2D eigenvalue weighted by molar-refractivity contribution is -0.132. The first kappa shape index (κ1) is 19.9. The molecule has 1 aromatic rings. The Hall–Kier alpha value is -1.44. The number of amides is 3. The van der Waals surface area contributed by atoms with Crippen LogP contribution in [0.25, 0.3) is 0 Å². The summed E-state index contributed by atoms with van der Waals surface area (Å²) >= 11 is 3.31. The molecule has 2 aliphatic heterocycles. The van der Waals surface area contributed by atoms with E-state index in [-0.39, 0.29) is 42.7 Å². The van der Waals surface area contributed by atoms with Gasteiger partial charge in [0, 0.05) is 36.6 Å². The number of carbonyl (C=O) groups excluding carboxylic acids is 3. The summed E-state index contributed by atoms with van der Waals surface area (Å²) in [5.41, 5.74) is 6.69. The van der Waals surface area contributed by atoms with Gasteiger partial charge in [-0.05, 0) is 37.5 Å². The van der Waals surface area contributed by atoms with E-state index in [1.165, 1.54) is 4.90 Å². The van der Waals surface area contributed by atoms with Crippen LogP contribution in [-0.4, -0.2) is 53.2 Å². The molecule has 3 amide bonds. The molecule has 0 bridgehead atoms. The normalized spacial score (nSPS) is 17.5. The largest absolute Gasteiger partial charge is 0.343 e. The predicted molar refractivity (Wildman–Crippen MR) is 99.8 cm³/mol. The minimum Gasteiger partial charge on any atom is -0.343 e. The zero-order valence-electron chi connectivity index (χ0n) is 13.7. The maximum atomic E-state index is 12.3. The van der Waals surface area contributed by atoms with Gasteiger partial charge in [0.2, 0.25) is 5.91 Å². The average Bonchev–Trinajstić information content (AvgIpc) is 2.79. The molecular weight excluding hydrogens is 410 g/mol. The van der Waals surface area contributed by atoms with Crippen molar-refractivity contribution in [3.05, 3.63) is 33.8 Å². The Morgan fingerprint density at radius 2 is 1.80 bits per heavy atom. The summed E-state index contributed by atoms with van der Waals surface area (Å²) in [6.45, 7) is 1.66. The van der Waals surface area contributed by atoms with Gasteiger partial charge in [-0.3, -0.25) is 19.3 Å². The van der Waals surface area contributed by atoms with Gasteiger partial charge in [-0.15, -0.1) is 12.4 Å². The maximum Gasteiger partial charge on any atom is 0.261 e. The van der Waals surface area contributed by atoms with Gasteiger partial charge in [0.05, 0.1) is 11.1 Å². The van der Waals surface area contributed by atoms with Gasteiger partial charge in [-0.1, -0.05) is 15.9 Å². The van der Waals surface area contributed by atoms with E-state index in [0.717, 1.165) is 17.3 Å². The van der Waals surface area contributed by atoms with E-state index in [1.807, 2.05) is 4.90 Å². The molecule has 0 radical (unpaired) electrons. The third-order valence-corrected chi connectivity index (χ3v) is 5.09. The van der Waals surface area contributed by atoms with Crippen LogP contribution in [0.2, 0.25) is 0 Å². The van der Waals surface area contributed by atoms with Gasteiger partial charge >= 0.3 is 0 Å². The lowest BCUT2D eigenvalue weighted by Crippen LogP contribution is -2.43. The third-order valence-electron chi connectivity index (χ3n) is 4.60. The lowest BCUT2D eigenvalue weighted by Gasteiger charge is -2.30. The van der Waals surface area contributed by atoms with E-state index < -0.39 is 0 Å². The molecule has 0 aromatic heterocycles. The predicted octanol–water partition coefficient (Wildman–Crippen LogP) is 2.20. The van der Waals surface area contributed by atoms with Crippen molar-refractivity contribution in [2.45, 2.75) is 31.7 Å². The number of carbonyl (C=O) groups is 3. The first-order chi connectivity index (χ1) is 11.5. The van der Waals surface area contributed by atoms with Crippen LogP contribution in [0.15, 0.2) is 22.7 Å². The minimum absolute atomic E-state index is 0. The lowest BCUT2D eigenvalue weighted by atomic mass is 10.1. The molecule has 25 heavy (non-hydrogen) atoms. The molecule has 0 saturated carbocycles. The molecule has 1 fully saturated rings. The smallest absolute Gasteiger partial charge is 0.261 e. The van der Waals surface area contributed by atoms with Crippen LogP contribution in [0, 0.1) is 0 Å². The highest BCUT2D eigenvalue weighted by molar-refractivity contribution is 9.10. The fourth-order valence-electron chi connectivity index (χ4n) is 3.16. The highest BCUT2D eigenvalue weighted by Crippen LogP contribution is 2.26. The number of halogens is 2. The second kappa shape index (κ2) is 8.29. The number of rotatable bonds is 4. The molecular formula is C17H21BrClN3O3. The highest BCUT2D eigenvalue weighted by Gasteiger charge is 2.35. The van der Waals surface area contributed by atoms with E-state index >= 15 is 0 Å². The Kier molecular flexibility index (Phi) is 6.59. The van der Waals surface area contributed by atoms with Crippen LogP contribution in [0.1, 0.15) is 46.4 Å². The number of likely N-dealkylation sites (tertiary alicyclic amines) is 1. The van der Waals surface area contributed by atoms with E-state index in [4.69, 9.17) is 5.73 Å². The van der Waals surface area contributed by atoms with Crippen LogP contribution < -0.4 is 5.73 Å². The molecule has 1 aromatic carbocycles. The highest BCUT2D eigenvalue weighted by atomic mass is 79.9. The standard InChI is InChI=1S/C17H20BrN3O3.ClH/c18-11-3-4-13-14(10-11)17(24)21(16(13)23)7-1-2-15(22)20-8-5-12(19)6-9-20;/h3-4,10,12H,1-2,5-9,19H2;1H. The van der Waals surface area contributed by atoms with Gasteiger partial charge in [-0.25, -0.2) is 0 Å². The summed E-state index contributed by atoms with van der Waals surface area (Å²) in [4.78, 5) is 39.9. The molecule has 0 atom stereocenters. The zero-order valence-corrected chi connectivity index (χ0v) is 16.1. The van der Waals surface area contributed by atoms with Gasteiger partial charge in [0.1, 0.15) is 0 Å². The van der Waals surface area contributed by atoms with Crippen LogP contribution in [0.5, 0.6) is 0 Å². The molecule has 8 heteroatoms. The molecule has 136 valence electrons. The first-order valence-corrected chi connectivity index (χ1v) is 8.96. The summed E-state index contributed by atoms with van der Waals surface area (Å²) in [6.07, 6.45) is 2.48. The first-order valence-electron chi connectivity index (χ1n) is 8.16. The Bertz CT molecular complexity index is 690. The van der Waals surface area contributed by atoms with Gasteiger partial charge in [0.15, 0.2) is 0 Å². The van der Waals surface area contributed by atoms with Gasteiger partial charge < -0.3 is 10.6 Å². The number of benzene rings is 1. The molecule has 0 spiro atoms. The summed E-state index contributed by atoms with van der Waals surface area (Å²) in [5.74, 6) is -0.493. The second-order valence-corrected chi connectivity index (χ2v) is 7.19. The van der Waals surface area contributed by atoms with Crippen LogP contribution in [-0.2, 0) is 4.79 Å². The number of imide groups is 1. The Morgan fingerprint density at radius 1 is 1.16 bits per heavy atom. The van der Waals surface area contributed by atoms with Gasteiger partial charge in [0.25, 0.3) is 11.8 Å². The quantitative estimate of drug-likeness (QED) is 0.742. The average molecular weight is 431 g/mol. The van der Waals surface area contributed by atoms with Crippen molar-refractivity contribution in [2.24, 2.45) is 5.73 Å². The molecule has 3 rings (SSSR count). The molecule has 6 nitrogen and oxygen atoms in total. The van der Waals surface area contributed by atoms with E-state index in [0.29, 0.717) is 37.1 Å². The summed E-state index contributed by atoms with van der Waals surface area (Å²) in [6, 6.07) is 5.25. The Balaban J connectivity index is 0.00000225. The van der Waals surface area contributed by atoms with Crippen LogP contribution >= 0.6 is 28.3 Å². The maximum absolute atomic E-state index is 12.3. The zero-order chi connectivity index (χ0) is 17.3. The second-order valence-electron chi connectivity index (χ2n) is 6.27. The molecule has 2 N–H and O–H groups in total. The molecule has 2 heterocycles. The molecule has 0 aliphatic carbocycles. The fraction of sp³-hybridized carbons (Fsp3) is 0.471. The van der Waals surface area contributed by atoms with Crippen molar-refractivity contribution in [1.29, 1.82) is 0 Å². The van der Waals surface area contributed by atoms with Gasteiger partial charge in [-0.2, -0.15) is 0 Å². The summed E-state index contributed by atoms with van der Waals surface area (Å²) in [7, 11) is 0. The number of hydrogen-bond acceptors (Lipinski definition) is 4. The number of hydrogen-bond donors (Lipinski definition) is 1.